The van der Waals surface area contributed by atoms with Crippen molar-refractivity contribution in [2.45, 2.75) is 13.3 Å². The Bertz CT molecular complexity index is 94.4. The fourth-order valence-corrected chi connectivity index (χ4v) is 0.111. The molecular weight excluding hydrogens is 117 g/mol. The molecule has 0 saturated carbocycles. The average Bonchev–Trinajstić information content (AvgIpc) is 1.35. The number of carbonyl (C=O) groups excluding carboxylic acids is 1. The van der Waals surface area contributed by atoms with E-state index in [4.69, 9.17) is 5.26 Å². The molecule has 0 aromatic carbocycles. The SMILES string of the molecule is CC(=O)CC#N.[KH]. The van der Waals surface area contributed by atoms with Gasteiger partial charge in [-0.15, -0.1) is 0 Å². The molecule has 0 spiro atoms. The molecule has 0 radical (unpaired) electrons. The molecule has 0 atom stereocenters. The zero-order valence-corrected chi connectivity index (χ0v) is 3.56. The van der Waals surface area contributed by atoms with E-state index in [9.17, 15) is 4.79 Å². The van der Waals surface area contributed by atoms with Crippen LogP contribution in [0.15, 0.2) is 0 Å². The molecule has 3 heteroatoms. The van der Waals surface area contributed by atoms with Gasteiger partial charge in [-0.2, -0.15) is 5.26 Å². The van der Waals surface area contributed by atoms with E-state index in [-0.39, 0.29) is 63.6 Å². The van der Waals surface area contributed by atoms with Gasteiger partial charge < -0.3 is 0 Å². The van der Waals surface area contributed by atoms with Crippen LogP contribution >= 0.6 is 0 Å². The molecule has 0 saturated heterocycles. The van der Waals surface area contributed by atoms with Crippen LogP contribution in [-0.4, -0.2) is 57.2 Å². The van der Waals surface area contributed by atoms with Crippen LogP contribution in [0.2, 0.25) is 0 Å². The van der Waals surface area contributed by atoms with Gasteiger partial charge in [0.25, 0.3) is 0 Å². The second kappa shape index (κ2) is 6.80. The first-order valence-corrected chi connectivity index (χ1v) is 1.63. The molecule has 34 valence electrons. The van der Waals surface area contributed by atoms with Crippen molar-refractivity contribution < 1.29 is 4.79 Å². The van der Waals surface area contributed by atoms with Crippen LogP contribution in [0.3, 0.4) is 0 Å². The van der Waals surface area contributed by atoms with E-state index in [1.54, 1.807) is 6.07 Å². The maximum absolute atomic E-state index is 9.82. The van der Waals surface area contributed by atoms with E-state index >= 15 is 0 Å². The van der Waals surface area contributed by atoms with E-state index in [0.29, 0.717) is 0 Å². The molecule has 0 aliphatic heterocycles. The third-order valence-corrected chi connectivity index (χ3v) is 0.328. The summed E-state index contributed by atoms with van der Waals surface area (Å²) in [6.07, 6.45) is 0.0417. The molecule has 0 aromatic heterocycles. The molecule has 0 aliphatic carbocycles. The molecule has 0 heterocycles. The Hall–Kier alpha value is 0.796. The van der Waals surface area contributed by atoms with Crippen LogP contribution in [-0.2, 0) is 4.79 Å². The number of nitriles is 1. The maximum atomic E-state index is 9.82. The summed E-state index contributed by atoms with van der Waals surface area (Å²) >= 11 is 0. The Labute approximate surface area is 85.3 Å². The van der Waals surface area contributed by atoms with Crippen molar-refractivity contribution in [3.8, 4) is 6.07 Å². The fraction of sp³-hybridized carbons (Fsp3) is 0.500. The van der Waals surface area contributed by atoms with Crippen molar-refractivity contribution in [3.05, 3.63) is 0 Å². The van der Waals surface area contributed by atoms with Crippen LogP contribution in [0, 0.1) is 11.3 Å². The van der Waals surface area contributed by atoms with Crippen LogP contribution in [0.4, 0.5) is 0 Å². The van der Waals surface area contributed by atoms with Crippen molar-refractivity contribution in [1.82, 2.24) is 0 Å². The zero-order valence-electron chi connectivity index (χ0n) is 3.56. The molecule has 0 rings (SSSR count). The average molecular weight is 123 g/mol. The van der Waals surface area contributed by atoms with E-state index in [1.807, 2.05) is 0 Å². The summed E-state index contributed by atoms with van der Waals surface area (Å²) in [5.74, 6) is -0.0718. The summed E-state index contributed by atoms with van der Waals surface area (Å²) < 4.78 is 0. The normalized spacial score (nSPS) is 5.71. The topological polar surface area (TPSA) is 40.9 Å². The Morgan fingerprint density at radius 1 is 1.86 bits per heavy atom. The summed E-state index contributed by atoms with van der Waals surface area (Å²) in [6, 6.07) is 1.72. The van der Waals surface area contributed by atoms with Crippen LogP contribution in [0.1, 0.15) is 13.3 Å². The number of hydrogen-bond acceptors (Lipinski definition) is 2. The molecular formula is C4H6KNO. The molecule has 0 aliphatic rings. The van der Waals surface area contributed by atoms with Gasteiger partial charge in [-0.3, -0.25) is 4.79 Å². The number of nitrogens with zero attached hydrogens (tertiary/aromatic N) is 1. The van der Waals surface area contributed by atoms with Crippen LogP contribution in [0.5, 0.6) is 0 Å². The third kappa shape index (κ3) is 10.8. The summed E-state index contributed by atoms with van der Waals surface area (Å²) in [5.41, 5.74) is 0. The van der Waals surface area contributed by atoms with Crippen LogP contribution < -0.4 is 0 Å². The van der Waals surface area contributed by atoms with Crippen molar-refractivity contribution >= 4 is 57.2 Å². The van der Waals surface area contributed by atoms with E-state index in [1.165, 1.54) is 6.92 Å². The van der Waals surface area contributed by atoms with Crippen molar-refractivity contribution in [3.63, 3.8) is 0 Å². The second-order valence-electron chi connectivity index (χ2n) is 1.04. The summed E-state index contributed by atoms with van der Waals surface area (Å²) in [4.78, 5) is 9.82. The van der Waals surface area contributed by atoms with Gasteiger partial charge in [0.1, 0.15) is 5.78 Å². The minimum atomic E-state index is -0.0718. The first-order chi connectivity index (χ1) is 2.77. The molecule has 0 bridgehead atoms. The fourth-order valence-electron chi connectivity index (χ4n) is 0.111. The van der Waals surface area contributed by atoms with Gasteiger partial charge in [-0.25, -0.2) is 0 Å². The minimum absolute atomic E-state index is 0. The Morgan fingerprint density at radius 2 is 2.29 bits per heavy atom. The number of rotatable bonds is 1. The first kappa shape index (κ1) is 10.7. The molecule has 7 heavy (non-hydrogen) atoms. The van der Waals surface area contributed by atoms with Crippen molar-refractivity contribution in [1.29, 1.82) is 5.26 Å². The molecule has 2 nitrogen and oxygen atoms in total. The molecule has 0 aromatic rings. The molecule has 0 fully saturated rings. The van der Waals surface area contributed by atoms with E-state index in [2.05, 4.69) is 0 Å². The third-order valence-electron chi connectivity index (χ3n) is 0.328. The predicted octanol–water partition coefficient (Wildman–Crippen LogP) is -0.159. The van der Waals surface area contributed by atoms with Gasteiger partial charge in [0.15, 0.2) is 0 Å². The predicted molar refractivity (Wildman–Crippen MR) is 28.1 cm³/mol. The van der Waals surface area contributed by atoms with Crippen LogP contribution in [0.25, 0.3) is 0 Å². The molecule has 0 amide bonds. The van der Waals surface area contributed by atoms with Gasteiger partial charge >= 0.3 is 51.4 Å². The van der Waals surface area contributed by atoms with Gasteiger partial charge in [0.05, 0.1) is 12.5 Å². The van der Waals surface area contributed by atoms with Gasteiger partial charge in [-0.05, 0) is 6.92 Å². The molecule has 0 N–H and O–H groups in total. The van der Waals surface area contributed by atoms with Gasteiger partial charge in [0, 0.05) is 0 Å². The van der Waals surface area contributed by atoms with Gasteiger partial charge in [0.2, 0.25) is 0 Å². The standard InChI is InChI=1S/C4H5NO.K.H/c1-4(6)2-3-5;;/h2H2,1H3;;. The number of ketones is 1. The van der Waals surface area contributed by atoms with E-state index < -0.39 is 0 Å². The van der Waals surface area contributed by atoms with Gasteiger partial charge in [-0.1, -0.05) is 0 Å². The zero-order chi connectivity index (χ0) is 4.99. The number of Topliss-reactive ketones (excluding diaryl/α,β-unsaturated/α-hetero) is 1. The Morgan fingerprint density at radius 3 is 2.29 bits per heavy atom. The number of carbonyl (C=O) groups is 1. The quantitative estimate of drug-likeness (QED) is 0.455. The Balaban J connectivity index is 0. The van der Waals surface area contributed by atoms with Crippen molar-refractivity contribution in [2.75, 3.05) is 0 Å². The second-order valence-corrected chi connectivity index (χ2v) is 1.04. The summed E-state index contributed by atoms with van der Waals surface area (Å²) in [5, 5.41) is 7.77. The van der Waals surface area contributed by atoms with Crippen molar-refractivity contribution in [2.24, 2.45) is 0 Å². The monoisotopic (exact) mass is 123 g/mol. The molecule has 0 unspecified atom stereocenters. The summed E-state index contributed by atoms with van der Waals surface area (Å²) in [7, 11) is 0. The van der Waals surface area contributed by atoms with E-state index in [0.717, 1.165) is 0 Å². The first-order valence-electron chi connectivity index (χ1n) is 1.63. The Kier molecular flexibility index (Phi) is 10.4. The summed E-state index contributed by atoms with van der Waals surface area (Å²) in [6.45, 7) is 1.39. The number of hydrogen-bond donors (Lipinski definition) is 0.